The van der Waals surface area contributed by atoms with E-state index in [0.717, 1.165) is 24.9 Å². The highest BCUT2D eigenvalue weighted by atomic mass is 16.5. The van der Waals surface area contributed by atoms with E-state index in [1.165, 1.54) is 0 Å². The summed E-state index contributed by atoms with van der Waals surface area (Å²) in [6.45, 7) is 5.18. The van der Waals surface area contributed by atoms with E-state index in [1.807, 2.05) is 26.0 Å². The van der Waals surface area contributed by atoms with Crippen LogP contribution in [0, 0.1) is 5.92 Å². The lowest BCUT2D eigenvalue weighted by molar-refractivity contribution is -0.163. The standard InChI is InChI=1S/C18H24N2O4/c1-18(2)11-8-12-14(6-7-20(12)9-15(19)22)23-16(11)10-4-3-5-13(21)17(10)24-18/h3-5,11-12,14,16,21H,6-9H2,1-2H3,(H2,19,22)/t11-,12+,14-,16+/m0/s1. The molecule has 3 aliphatic heterocycles. The van der Waals surface area contributed by atoms with Crippen LogP contribution < -0.4 is 10.5 Å². The van der Waals surface area contributed by atoms with Crippen molar-refractivity contribution in [2.24, 2.45) is 11.7 Å². The number of nitrogens with two attached hydrogens (primary N) is 1. The van der Waals surface area contributed by atoms with Gasteiger partial charge in [0.25, 0.3) is 0 Å². The van der Waals surface area contributed by atoms with Gasteiger partial charge in [0.2, 0.25) is 5.91 Å². The first kappa shape index (κ1) is 15.7. The summed E-state index contributed by atoms with van der Waals surface area (Å²) in [6, 6.07) is 5.64. The molecule has 3 N–H and O–H groups in total. The second kappa shape index (κ2) is 5.36. The first-order valence-corrected chi connectivity index (χ1v) is 8.55. The average Bonchev–Trinajstić information content (AvgIpc) is 2.89. The van der Waals surface area contributed by atoms with Crippen LogP contribution in [0.5, 0.6) is 11.5 Å². The highest BCUT2D eigenvalue weighted by Crippen LogP contribution is 2.54. The first-order valence-electron chi connectivity index (χ1n) is 8.55. The molecule has 1 aromatic carbocycles. The number of carbonyl (C=O) groups excluding carboxylic acids is 1. The molecular formula is C18H24N2O4. The Labute approximate surface area is 141 Å². The van der Waals surface area contributed by atoms with Crippen molar-refractivity contribution in [3.63, 3.8) is 0 Å². The van der Waals surface area contributed by atoms with Gasteiger partial charge >= 0.3 is 0 Å². The number of carbonyl (C=O) groups is 1. The largest absolute Gasteiger partial charge is 0.504 e. The van der Waals surface area contributed by atoms with Crippen molar-refractivity contribution in [1.82, 2.24) is 4.90 Å². The van der Waals surface area contributed by atoms with E-state index in [-0.39, 0.29) is 42.4 Å². The zero-order valence-electron chi connectivity index (χ0n) is 14.1. The number of phenols is 1. The van der Waals surface area contributed by atoms with E-state index >= 15 is 0 Å². The normalized spacial score (nSPS) is 33.9. The van der Waals surface area contributed by atoms with Gasteiger partial charge in [-0.15, -0.1) is 0 Å². The van der Waals surface area contributed by atoms with Crippen molar-refractivity contribution >= 4 is 5.91 Å². The molecule has 130 valence electrons. The lowest BCUT2D eigenvalue weighted by atomic mass is 9.74. The smallest absolute Gasteiger partial charge is 0.231 e. The maximum Gasteiger partial charge on any atom is 0.231 e. The molecule has 24 heavy (non-hydrogen) atoms. The van der Waals surface area contributed by atoms with Crippen molar-refractivity contribution in [3.8, 4) is 11.5 Å². The van der Waals surface area contributed by atoms with Crippen LogP contribution in [0.15, 0.2) is 18.2 Å². The van der Waals surface area contributed by atoms with E-state index in [1.54, 1.807) is 6.07 Å². The first-order chi connectivity index (χ1) is 11.4. The Kier molecular flexibility index (Phi) is 3.51. The predicted molar refractivity (Wildman–Crippen MR) is 87.7 cm³/mol. The molecule has 0 bridgehead atoms. The van der Waals surface area contributed by atoms with Gasteiger partial charge in [-0.25, -0.2) is 0 Å². The molecule has 0 saturated carbocycles. The van der Waals surface area contributed by atoms with Crippen LogP contribution in [0.4, 0.5) is 0 Å². The van der Waals surface area contributed by atoms with Crippen molar-refractivity contribution < 1.29 is 19.4 Å². The zero-order valence-corrected chi connectivity index (χ0v) is 14.1. The highest BCUT2D eigenvalue weighted by Gasteiger charge is 2.53. The van der Waals surface area contributed by atoms with Gasteiger partial charge in [-0.1, -0.05) is 12.1 Å². The Hall–Kier alpha value is -1.79. The van der Waals surface area contributed by atoms with E-state index in [4.69, 9.17) is 15.2 Å². The molecule has 0 aliphatic carbocycles. The van der Waals surface area contributed by atoms with Crippen LogP contribution in [-0.2, 0) is 9.53 Å². The maximum absolute atomic E-state index is 11.3. The average molecular weight is 332 g/mol. The quantitative estimate of drug-likeness (QED) is 0.859. The molecular weight excluding hydrogens is 308 g/mol. The molecule has 0 radical (unpaired) electrons. The van der Waals surface area contributed by atoms with Crippen molar-refractivity contribution in [1.29, 1.82) is 0 Å². The number of para-hydroxylation sites is 1. The summed E-state index contributed by atoms with van der Waals surface area (Å²) in [5.41, 5.74) is 5.85. The number of ether oxygens (including phenoxy) is 2. The van der Waals surface area contributed by atoms with Gasteiger partial charge in [0.1, 0.15) is 5.60 Å². The number of nitrogens with zero attached hydrogens (tertiary/aromatic N) is 1. The number of hydrogen-bond donors (Lipinski definition) is 2. The minimum absolute atomic E-state index is 0.0920. The number of primary amides is 1. The van der Waals surface area contributed by atoms with Crippen molar-refractivity contribution in [3.05, 3.63) is 23.8 Å². The van der Waals surface area contributed by atoms with Crippen LogP contribution in [0.3, 0.4) is 0 Å². The lowest BCUT2D eigenvalue weighted by Gasteiger charge is -2.50. The van der Waals surface area contributed by atoms with E-state index < -0.39 is 5.60 Å². The third-order valence-electron chi connectivity index (χ3n) is 5.73. The molecule has 2 fully saturated rings. The van der Waals surface area contributed by atoms with E-state index in [9.17, 15) is 9.90 Å². The number of hydrogen-bond acceptors (Lipinski definition) is 5. The number of likely N-dealkylation sites (tertiary alicyclic amines) is 1. The van der Waals surface area contributed by atoms with Gasteiger partial charge in [-0.2, -0.15) is 0 Å². The Bertz CT molecular complexity index is 675. The third kappa shape index (κ3) is 2.36. The summed E-state index contributed by atoms with van der Waals surface area (Å²) in [5.74, 6) is 0.550. The molecule has 0 unspecified atom stereocenters. The minimum atomic E-state index is -0.456. The number of phenolic OH excluding ortho intramolecular Hbond substituents is 1. The molecule has 0 spiro atoms. The summed E-state index contributed by atoms with van der Waals surface area (Å²) >= 11 is 0. The number of benzene rings is 1. The molecule has 0 aromatic heterocycles. The monoisotopic (exact) mass is 332 g/mol. The summed E-state index contributed by atoms with van der Waals surface area (Å²) in [7, 11) is 0. The van der Waals surface area contributed by atoms with Crippen LogP contribution >= 0.6 is 0 Å². The van der Waals surface area contributed by atoms with Gasteiger partial charge in [-0.3, -0.25) is 9.69 Å². The Morgan fingerprint density at radius 3 is 3.00 bits per heavy atom. The molecule has 6 nitrogen and oxygen atoms in total. The van der Waals surface area contributed by atoms with Crippen molar-refractivity contribution in [2.75, 3.05) is 13.1 Å². The second-order valence-electron chi connectivity index (χ2n) is 7.63. The van der Waals surface area contributed by atoms with Crippen LogP contribution in [0.2, 0.25) is 0 Å². The summed E-state index contributed by atoms with van der Waals surface area (Å²) in [4.78, 5) is 13.5. The molecule has 1 amide bonds. The fourth-order valence-electron chi connectivity index (χ4n) is 4.56. The van der Waals surface area contributed by atoms with Gasteiger partial charge < -0.3 is 20.3 Å². The SMILES string of the molecule is CC1(C)Oc2c(O)cccc2[C@H]2O[C@H]3CCN(CC(N)=O)[C@@H]3C[C@@H]21. The fourth-order valence-corrected chi connectivity index (χ4v) is 4.56. The molecule has 4 rings (SSSR count). The summed E-state index contributed by atoms with van der Waals surface area (Å²) in [6.07, 6.45) is 1.79. The number of fused-ring (bicyclic) bond motifs is 4. The van der Waals surface area contributed by atoms with Crippen molar-refractivity contribution in [2.45, 2.75) is 50.5 Å². The van der Waals surface area contributed by atoms with Gasteiger partial charge in [0, 0.05) is 24.1 Å². The molecule has 1 aromatic rings. The van der Waals surface area contributed by atoms with Crippen LogP contribution in [-0.4, -0.2) is 46.7 Å². The van der Waals surface area contributed by atoms with E-state index in [2.05, 4.69) is 4.90 Å². The molecule has 3 heterocycles. The molecule has 6 heteroatoms. The Morgan fingerprint density at radius 1 is 1.46 bits per heavy atom. The Balaban J connectivity index is 1.67. The summed E-state index contributed by atoms with van der Waals surface area (Å²) < 4.78 is 12.6. The number of rotatable bonds is 2. The maximum atomic E-state index is 11.3. The minimum Gasteiger partial charge on any atom is -0.504 e. The van der Waals surface area contributed by atoms with Crippen LogP contribution in [0.1, 0.15) is 38.4 Å². The highest BCUT2D eigenvalue weighted by molar-refractivity contribution is 5.76. The lowest BCUT2D eigenvalue weighted by Crippen LogP contribution is -2.54. The zero-order chi connectivity index (χ0) is 17.1. The van der Waals surface area contributed by atoms with Gasteiger partial charge in [-0.05, 0) is 32.8 Å². The molecule has 2 saturated heterocycles. The van der Waals surface area contributed by atoms with Crippen LogP contribution in [0.25, 0.3) is 0 Å². The van der Waals surface area contributed by atoms with Gasteiger partial charge in [0.05, 0.1) is 18.8 Å². The van der Waals surface area contributed by atoms with E-state index in [0.29, 0.717) is 5.75 Å². The number of aromatic hydroxyl groups is 1. The van der Waals surface area contributed by atoms with Gasteiger partial charge in [0.15, 0.2) is 11.5 Å². The Morgan fingerprint density at radius 2 is 2.25 bits per heavy atom. The second-order valence-corrected chi connectivity index (χ2v) is 7.63. The molecule has 4 atom stereocenters. The molecule has 3 aliphatic rings. The summed E-state index contributed by atoms with van der Waals surface area (Å²) in [5, 5.41) is 10.2. The topological polar surface area (TPSA) is 85.0 Å². The number of amides is 1. The fraction of sp³-hybridized carbons (Fsp3) is 0.611. The third-order valence-corrected chi connectivity index (χ3v) is 5.73. The predicted octanol–water partition coefficient (Wildman–Crippen LogP) is 1.57.